The summed E-state index contributed by atoms with van der Waals surface area (Å²) in [5, 5.41) is 11.5. The first-order valence-electron chi connectivity index (χ1n) is 6.72. The van der Waals surface area contributed by atoms with Crippen molar-refractivity contribution in [2.24, 2.45) is 0 Å². The number of nitrogens with one attached hydrogen (secondary N) is 1. The quantitative estimate of drug-likeness (QED) is 0.712. The zero-order chi connectivity index (χ0) is 15.7. The first-order valence-corrected chi connectivity index (χ1v) is 6.72. The van der Waals surface area contributed by atoms with E-state index in [1.54, 1.807) is 13.2 Å². The number of amides is 1. The molecule has 1 amide bonds. The molecule has 0 spiro atoms. The van der Waals surface area contributed by atoms with E-state index in [0.29, 0.717) is 17.7 Å². The van der Waals surface area contributed by atoms with Crippen LogP contribution in [0.2, 0.25) is 0 Å². The predicted molar refractivity (Wildman–Crippen MR) is 78.9 cm³/mol. The summed E-state index contributed by atoms with van der Waals surface area (Å²) in [5.74, 6) is -1.29. The number of methoxy groups -OCH3 is 1. The Kier molecular flexibility index (Phi) is 7.11. The molecule has 0 aliphatic carbocycles. The standard InChI is InChI=1S/C15H20N2O4/c1-3-4-13(10-21-2)17-15(20)12-7-11(8-16-9-12)5-6-14(18)19/h5-9,13H,3-4,10H2,1-2H3,(H,17,20)(H,18,19). The Morgan fingerprint density at radius 3 is 2.86 bits per heavy atom. The van der Waals surface area contributed by atoms with E-state index < -0.39 is 5.97 Å². The van der Waals surface area contributed by atoms with E-state index in [1.807, 2.05) is 6.92 Å². The number of aromatic nitrogens is 1. The lowest BCUT2D eigenvalue weighted by atomic mass is 10.1. The van der Waals surface area contributed by atoms with Gasteiger partial charge in [0.1, 0.15) is 0 Å². The molecule has 0 saturated carbocycles. The highest BCUT2D eigenvalue weighted by Gasteiger charge is 2.13. The van der Waals surface area contributed by atoms with Crippen molar-refractivity contribution in [2.75, 3.05) is 13.7 Å². The van der Waals surface area contributed by atoms with Gasteiger partial charge in [0, 0.05) is 25.6 Å². The number of rotatable bonds is 8. The van der Waals surface area contributed by atoms with E-state index in [9.17, 15) is 9.59 Å². The minimum Gasteiger partial charge on any atom is -0.478 e. The van der Waals surface area contributed by atoms with Gasteiger partial charge in [-0.2, -0.15) is 0 Å². The molecule has 2 N–H and O–H groups in total. The SMILES string of the molecule is CCCC(COC)NC(=O)c1cncc(C=CC(=O)O)c1. The molecule has 0 radical (unpaired) electrons. The minimum atomic E-state index is -1.05. The van der Waals surface area contributed by atoms with Crippen LogP contribution in [0.3, 0.4) is 0 Å². The lowest BCUT2D eigenvalue weighted by Crippen LogP contribution is -2.38. The Labute approximate surface area is 123 Å². The van der Waals surface area contributed by atoms with E-state index in [-0.39, 0.29) is 11.9 Å². The molecule has 6 heteroatoms. The van der Waals surface area contributed by atoms with Crippen LogP contribution >= 0.6 is 0 Å². The highest BCUT2D eigenvalue weighted by Crippen LogP contribution is 2.06. The second kappa shape index (κ2) is 8.86. The average Bonchev–Trinajstić information content (AvgIpc) is 2.46. The highest BCUT2D eigenvalue weighted by molar-refractivity contribution is 5.95. The van der Waals surface area contributed by atoms with Crippen molar-refractivity contribution >= 4 is 18.0 Å². The molecular weight excluding hydrogens is 272 g/mol. The lowest BCUT2D eigenvalue weighted by Gasteiger charge is -2.17. The second-order valence-electron chi connectivity index (χ2n) is 4.59. The molecule has 1 aromatic rings. The van der Waals surface area contributed by atoms with Gasteiger partial charge >= 0.3 is 5.97 Å². The molecular formula is C15H20N2O4. The van der Waals surface area contributed by atoms with Crippen LogP contribution in [0.1, 0.15) is 35.7 Å². The van der Waals surface area contributed by atoms with Gasteiger partial charge in [0.05, 0.1) is 18.2 Å². The van der Waals surface area contributed by atoms with Crippen LogP contribution in [0, 0.1) is 0 Å². The summed E-state index contributed by atoms with van der Waals surface area (Å²) in [6.45, 7) is 2.49. The Morgan fingerprint density at radius 2 is 2.24 bits per heavy atom. The van der Waals surface area contributed by atoms with Gasteiger partial charge in [-0.15, -0.1) is 0 Å². The third-order valence-electron chi connectivity index (χ3n) is 2.78. The number of carboxylic acid groups (broad SMARTS) is 1. The smallest absolute Gasteiger partial charge is 0.328 e. The molecule has 1 rings (SSSR count). The molecule has 21 heavy (non-hydrogen) atoms. The Balaban J connectivity index is 2.77. The Morgan fingerprint density at radius 1 is 1.48 bits per heavy atom. The second-order valence-corrected chi connectivity index (χ2v) is 4.59. The number of carbonyl (C=O) groups is 2. The molecule has 0 bridgehead atoms. The van der Waals surface area contributed by atoms with Gasteiger partial charge in [-0.05, 0) is 24.1 Å². The van der Waals surface area contributed by atoms with Crippen molar-refractivity contribution in [3.05, 3.63) is 35.7 Å². The monoisotopic (exact) mass is 292 g/mol. The lowest BCUT2D eigenvalue weighted by molar-refractivity contribution is -0.131. The molecule has 0 saturated heterocycles. The van der Waals surface area contributed by atoms with E-state index >= 15 is 0 Å². The summed E-state index contributed by atoms with van der Waals surface area (Å²) >= 11 is 0. The number of hydrogen-bond donors (Lipinski definition) is 2. The summed E-state index contributed by atoms with van der Waals surface area (Å²) in [6.07, 6.45) is 7.10. The molecule has 0 aromatic carbocycles. The van der Waals surface area contributed by atoms with Gasteiger partial charge in [-0.1, -0.05) is 13.3 Å². The third kappa shape index (κ3) is 6.18. The largest absolute Gasteiger partial charge is 0.478 e. The van der Waals surface area contributed by atoms with E-state index in [0.717, 1.165) is 18.9 Å². The van der Waals surface area contributed by atoms with Gasteiger partial charge in [0.2, 0.25) is 0 Å². The topological polar surface area (TPSA) is 88.5 Å². The van der Waals surface area contributed by atoms with E-state index in [4.69, 9.17) is 9.84 Å². The fourth-order valence-electron chi connectivity index (χ4n) is 1.86. The summed E-state index contributed by atoms with van der Waals surface area (Å²) in [5.41, 5.74) is 0.948. The van der Waals surface area contributed by atoms with Crippen molar-refractivity contribution in [1.82, 2.24) is 10.3 Å². The van der Waals surface area contributed by atoms with E-state index in [1.165, 1.54) is 18.5 Å². The predicted octanol–water partition coefficient (Wildman–Crippen LogP) is 1.72. The van der Waals surface area contributed by atoms with Gasteiger partial charge in [-0.25, -0.2) is 4.79 Å². The van der Waals surface area contributed by atoms with E-state index in [2.05, 4.69) is 10.3 Å². The number of hydrogen-bond acceptors (Lipinski definition) is 4. The summed E-state index contributed by atoms with van der Waals surface area (Å²) in [4.78, 5) is 26.6. The van der Waals surface area contributed by atoms with Gasteiger partial charge in [-0.3, -0.25) is 9.78 Å². The molecule has 114 valence electrons. The van der Waals surface area contributed by atoms with Crippen LogP contribution in [0.15, 0.2) is 24.5 Å². The summed E-state index contributed by atoms with van der Waals surface area (Å²) in [7, 11) is 1.59. The van der Waals surface area contributed by atoms with Crippen molar-refractivity contribution in [2.45, 2.75) is 25.8 Å². The number of ether oxygens (including phenoxy) is 1. The number of pyridine rings is 1. The summed E-state index contributed by atoms with van der Waals surface area (Å²) < 4.78 is 5.08. The maximum atomic E-state index is 12.1. The van der Waals surface area contributed by atoms with Crippen molar-refractivity contribution < 1.29 is 19.4 Å². The maximum Gasteiger partial charge on any atom is 0.328 e. The van der Waals surface area contributed by atoms with Gasteiger partial charge in [0.15, 0.2) is 0 Å². The van der Waals surface area contributed by atoms with Gasteiger partial charge in [0.25, 0.3) is 5.91 Å². The van der Waals surface area contributed by atoms with Crippen molar-refractivity contribution in [1.29, 1.82) is 0 Å². The van der Waals surface area contributed by atoms with Crippen molar-refractivity contribution in [3.8, 4) is 0 Å². The first kappa shape index (κ1) is 16.8. The molecule has 0 fully saturated rings. The number of carbonyl (C=O) groups excluding carboxylic acids is 1. The first-order chi connectivity index (χ1) is 10.1. The zero-order valence-electron chi connectivity index (χ0n) is 12.2. The van der Waals surface area contributed by atoms with Crippen LogP contribution in [0.5, 0.6) is 0 Å². The van der Waals surface area contributed by atoms with Crippen LogP contribution < -0.4 is 5.32 Å². The number of carboxylic acids is 1. The minimum absolute atomic E-state index is 0.0503. The highest BCUT2D eigenvalue weighted by atomic mass is 16.5. The molecule has 1 unspecified atom stereocenters. The molecule has 0 aliphatic rings. The van der Waals surface area contributed by atoms with Crippen LogP contribution in [-0.4, -0.2) is 41.7 Å². The van der Waals surface area contributed by atoms with Crippen LogP contribution in [0.25, 0.3) is 6.08 Å². The Bertz CT molecular complexity index is 508. The molecule has 0 aliphatic heterocycles. The molecule has 6 nitrogen and oxygen atoms in total. The summed E-state index contributed by atoms with van der Waals surface area (Å²) in [6, 6.07) is 1.54. The number of nitrogens with zero attached hydrogens (tertiary/aromatic N) is 1. The Hall–Kier alpha value is -2.21. The molecule has 1 aromatic heterocycles. The van der Waals surface area contributed by atoms with Gasteiger partial charge < -0.3 is 15.2 Å². The zero-order valence-corrected chi connectivity index (χ0v) is 12.2. The van der Waals surface area contributed by atoms with Crippen LogP contribution in [0.4, 0.5) is 0 Å². The molecule has 1 heterocycles. The maximum absolute atomic E-state index is 12.1. The molecule has 1 atom stereocenters. The normalized spacial score (nSPS) is 12.3. The average molecular weight is 292 g/mol. The fourth-order valence-corrected chi connectivity index (χ4v) is 1.86. The van der Waals surface area contributed by atoms with Crippen molar-refractivity contribution in [3.63, 3.8) is 0 Å². The fraction of sp³-hybridized carbons (Fsp3) is 0.400. The third-order valence-corrected chi connectivity index (χ3v) is 2.78. The number of aliphatic carboxylic acids is 1. The van der Waals surface area contributed by atoms with Crippen LogP contribution in [-0.2, 0) is 9.53 Å².